The van der Waals surface area contributed by atoms with Crippen LogP contribution in [-0.4, -0.2) is 90.9 Å². The van der Waals surface area contributed by atoms with Crippen LogP contribution in [0, 0.1) is 0 Å². The number of hydrogen-bond donors (Lipinski definition) is 2. The van der Waals surface area contributed by atoms with Crippen LogP contribution in [0.2, 0.25) is 0 Å². The van der Waals surface area contributed by atoms with E-state index in [0.29, 0.717) is 34.4 Å². The van der Waals surface area contributed by atoms with Crippen molar-refractivity contribution < 1.29 is 18.7 Å². The number of hydrogen-bond acceptors (Lipinski definition) is 6. The molecule has 3 fully saturated rings. The maximum absolute atomic E-state index is 15.6. The summed E-state index contributed by atoms with van der Waals surface area (Å²) < 4.78 is 21.2. The molecule has 1 aromatic carbocycles. The molecule has 1 aliphatic carbocycles. The average molecular weight is 583 g/mol. The van der Waals surface area contributed by atoms with Crippen molar-refractivity contribution in [2.75, 3.05) is 46.2 Å². The van der Waals surface area contributed by atoms with E-state index in [9.17, 15) is 9.59 Å². The number of likely N-dealkylation sites (N-methyl/N-ethyl adjacent to an activating group) is 1. The lowest BCUT2D eigenvalue weighted by Gasteiger charge is -2.33. The standard InChI is InChI=1S/C30H43FN6O3.C2H4/c1-7-25-27(37(23-10-8-9-11-23)19-30(3,31)29(39)36(25)5)33-20(2)32-24-13-12-21(18-26(24)40-6)28(38)34-22-14-16-35(4)17-15-22;1-2/h7,12-13,18,22-23,32H,2,8-11,14-17,19H2,1,3-6H3,(H,34,38);1-2H2/b25-7+,33-27+;/t30-;/m0./s1. The van der Waals surface area contributed by atoms with Gasteiger partial charge in [-0.3, -0.25) is 9.59 Å². The second-order valence-corrected chi connectivity index (χ2v) is 11.3. The number of rotatable bonds is 7. The largest absolute Gasteiger partial charge is 0.495 e. The Morgan fingerprint density at radius 3 is 2.40 bits per heavy atom. The lowest BCUT2D eigenvalue weighted by atomic mass is 10.0. The number of amidine groups is 1. The lowest BCUT2D eigenvalue weighted by molar-refractivity contribution is -0.139. The van der Waals surface area contributed by atoms with Gasteiger partial charge < -0.3 is 30.1 Å². The molecule has 10 heteroatoms. The van der Waals surface area contributed by atoms with Crippen molar-refractivity contribution in [1.82, 2.24) is 20.0 Å². The normalized spacial score (nSPS) is 24.3. The quantitative estimate of drug-likeness (QED) is 0.443. The zero-order chi connectivity index (χ0) is 31.0. The van der Waals surface area contributed by atoms with Crippen LogP contribution in [0.4, 0.5) is 10.1 Å². The first kappa shape index (κ1) is 32.8. The van der Waals surface area contributed by atoms with Gasteiger partial charge in [-0.15, -0.1) is 13.2 Å². The van der Waals surface area contributed by atoms with E-state index in [0.717, 1.165) is 51.6 Å². The molecule has 42 heavy (non-hydrogen) atoms. The number of nitrogens with one attached hydrogen (secondary N) is 2. The van der Waals surface area contributed by atoms with Crippen molar-refractivity contribution >= 4 is 23.3 Å². The van der Waals surface area contributed by atoms with Gasteiger partial charge in [0.2, 0.25) is 5.67 Å². The monoisotopic (exact) mass is 582 g/mol. The number of nitrogens with zero attached hydrogens (tertiary/aromatic N) is 4. The van der Waals surface area contributed by atoms with Crippen LogP contribution < -0.4 is 15.4 Å². The second-order valence-electron chi connectivity index (χ2n) is 11.3. The number of likely N-dealkylation sites (tertiary alicyclic amines) is 1. The van der Waals surface area contributed by atoms with Gasteiger partial charge in [0.05, 0.1) is 25.0 Å². The zero-order valence-electron chi connectivity index (χ0n) is 25.8. The molecule has 1 saturated carbocycles. The fourth-order valence-electron chi connectivity index (χ4n) is 5.85. The molecule has 0 bridgehead atoms. The minimum Gasteiger partial charge on any atom is -0.495 e. The van der Waals surface area contributed by atoms with Gasteiger partial charge in [-0.25, -0.2) is 9.38 Å². The van der Waals surface area contributed by atoms with E-state index in [1.54, 1.807) is 38.4 Å². The highest BCUT2D eigenvalue weighted by Crippen LogP contribution is 2.33. The Balaban J connectivity index is 0.00000237. The zero-order valence-corrected chi connectivity index (χ0v) is 25.8. The third-order valence-corrected chi connectivity index (χ3v) is 8.16. The molecule has 2 heterocycles. The van der Waals surface area contributed by atoms with E-state index >= 15 is 4.39 Å². The molecule has 230 valence electrons. The molecule has 0 aromatic heterocycles. The van der Waals surface area contributed by atoms with Crippen molar-refractivity contribution in [3.05, 3.63) is 61.1 Å². The van der Waals surface area contributed by atoms with E-state index in [1.165, 1.54) is 11.8 Å². The smallest absolute Gasteiger partial charge is 0.266 e. The van der Waals surface area contributed by atoms with Crippen LogP contribution in [0.25, 0.3) is 0 Å². The number of allylic oxidation sites excluding steroid dienone is 1. The predicted molar refractivity (Wildman–Crippen MR) is 167 cm³/mol. The molecular formula is C32H47FN6O3. The number of anilines is 1. The van der Waals surface area contributed by atoms with Crippen molar-refractivity contribution in [3.63, 3.8) is 0 Å². The number of aliphatic imine (C=N–C) groups is 1. The second kappa shape index (κ2) is 14.5. The summed E-state index contributed by atoms with van der Waals surface area (Å²) in [5, 5.41) is 6.32. The predicted octanol–water partition coefficient (Wildman–Crippen LogP) is 4.95. The molecule has 3 aliphatic rings. The van der Waals surface area contributed by atoms with Gasteiger partial charge in [0.15, 0.2) is 5.84 Å². The first-order valence-electron chi connectivity index (χ1n) is 14.7. The van der Waals surface area contributed by atoms with Crippen molar-refractivity contribution in [3.8, 4) is 5.75 Å². The topological polar surface area (TPSA) is 89.5 Å². The fourth-order valence-corrected chi connectivity index (χ4v) is 5.85. The highest BCUT2D eigenvalue weighted by Gasteiger charge is 2.45. The molecule has 4 rings (SSSR count). The molecule has 1 atom stereocenters. The molecule has 1 aromatic rings. The van der Waals surface area contributed by atoms with Crippen molar-refractivity contribution in [2.24, 2.45) is 4.99 Å². The summed E-state index contributed by atoms with van der Waals surface area (Å²) in [6, 6.07) is 5.45. The van der Waals surface area contributed by atoms with Gasteiger partial charge >= 0.3 is 0 Å². The Labute approximate surface area is 250 Å². The number of piperidine rings is 1. The first-order valence-corrected chi connectivity index (χ1v) is 14.7. The molecule has 0 radical (unpaired) electrons. The number of carbonyl (C=O) groups excluding carboxylic acids is 2. The number of carbonyl (C=O) groups is 2. The summed E-state index contributed by atoms with van der Waals surface area (Å²) in [6.45, 7) is 15.1. The molecule has 0 spiro atoms. The van der Waals surface area contributed by atoms with Crippen LogP contribution in [0.1, 0.15) is 62.7 Å². The van der Waals surface area contributed by atoms with E-state index < -0.39 is 11.6 Å². The summed E-state index contributed by atoms with van der Waals surface area (Å²) >= 11 is 0. The number of amides is 2. The highest BCUT2D eigenvalue weighted by molar-refractivity contribution is 6.05. The lowest BCUT2D eigenvalue weighted by Crippen LogP contribution is -2.47. The third-order valence-electron chi connectivity index (χ3n) is 8.16. The van der Waals surface area contributed by atoms with Gasteiger partial charge in [0.25, 0.3) is 11.8 Å². The molecule has 2 amide bonds. The van der Waals surface area contributed by atoms with Gasteiger partial charge in [-0.1, -0.05) is 25.5 Å². The first-order chi connectivity index (χ1) is 20.0. The third kappa shape index (κ3) is 7.59. The van der Waals surface area contributed by atoms with Crippen LogP contribution in [0.15, 0.2) is 60.5 Å². The molecule has 2 aliphatic heterocycles. The molecule has 2 N–H and O–H groups in total. The van der Waals surface area contributed by atoms with E-state index in [2.05, 4.69) is 42.3 Å². The number of benzene rings is 1. The maximum atomic E-state index is 15.6. The molecule has 2 saturated heterocycles. The van der Waals surface area contributed by atoms with Gasteiger partial charge in [-0.05, 0) is 77.9 Å². The minimum absolute atomic E-state index is 0.0747. The summed E-state index contributed by atoms with van der Waals surface area (Å²) in [5.74, 6) is 0.562. The Morgan fingerprint density at radius 1 is 1.17 bits per heavy atom. The summed E-state index contributed by atoms with van der Waals surface area (Å²) in [5.41, 5.74) is -0.414. The van der Waals surface area contributed by atoms with E-state index in [4.69, 9.17) is 9.73 Å². The molecule has 0 unspecified atom stereocenters. The van der Waals surface area contributed by atoms with Crippen molar-refractivity contribution in [2.45, 2.75) is 70.1 Å². The number of ether oxygens (including phenoxy) is 1. The Kier molecular flexibility index (Phi) is 11.3. The number of halogens is 1. The van der Waals surface area contributed by atoms with Crippen LogP contribution in [-0.2, 0) is 4.79 Å². The maximum Gasteiger partial charge on any atom is 0.266 e. The van der Waals surface area contributed by atoms with Gasteiger partial charge in [0, 0.05) is 24.7 Å². The average Bonchev–Trinajstić information content (AvgIpc) is 3.50. The molecular weight excluding hydrogens is 535 g/mol. The minimum atomic E-state index is -2.05. The van der Waals surface area contributed by atoms with Crippen LogP contribution in [0.3, 0.4) is 0 Å². The highest BCUT2D eigenvalue weighted by atomic mass is 19.1. The SMILES string of the molecule is C=C.C=C(/N=C1\C(=C/C)N(C)C(=O)[C@@](C)(F)CN1C1CCCC1)Nc1ccc(C(=O)NC2CCN(C)CC2)cc1OC. The van der Waals surface area contributed by atoms with Crippen LogP contribution >= 0.6 is 0 Å². The number of methoxy groups -OCH3 is 1. The summed E-state index contributed by atoms with van der Waals surface area (Å²) in [4.78, 5) is 36.2. The summed E-state index contributed by atoms with van der Waals surface area (Å²) in [6.07, 6.45) is 7.57. The Hall–Kier alpha value is -3.66. The van der Waals surface area contributed by atoms with Gasteiger partial charge in [0.1, 0.15) is 11.6 Å². The summed E-state index contributed by atoms with van der Waals surface area (Å²) in [7, 11) is 5.21. The Morgan fingerprint density at radius 2 is 1.81 bits per heavy atom. The van der Waals surface area contributed by atoms with Crippen molar-refractivity contribution in [1.29, 1.82) is 0 Å². The Bertz CT molecular complexity index is 1200. The van der Waals surface area contributed by atoms with Gasteiger partial charge in [-0.2, -0.15) is 0 Å². The molecule has 9 nitrogen and oxygen atoms in total. The number of alkyl halides is 1. The van der Waals surface area contributed by atoms with E-state index in [-0.39, 0.29) is 24.5 Å². The fraction of sp³-hybridized carbons (Fsp3) is 0.531. The van der Waals surface area contributed by atoms with Crippen LogP contribution in [0.5, 0.6) is 5.75 Å². The van der Waals surface area contributed by atoms with E-state index in [1.807, 2.05) is 11.8 Å².